The Morgan fingerprint density at radius 1 is 1.42 bits per heavy atom. The van der Waals surface area contributed by atoms with E-state index in [1.54, 1.807) is 0 Å². The molecule has 3 aromatic rings. The quantitative estimate of drug-likeness (QED) is 0.506. The van der Waals surface area contributed by atoms with E-state index >= 15 is 0 Å². The summed E-state index contributed by atoms with van der Waals surface area (Å²) in [4.78, 5) is 21.0. The molecule has 3 heterocycles. The molecule has 0 aromatic carbocycles. The van der Waals surface area contributed by atoms with Crippen LogP contribution in [0.3, 0.4) is 0 Å². The van der Waals surface area contributed by atoms with Gasteiger partial charge in [0.05, 0.1) is 17.6 Å². The molecule has 0 aliphatic heterocycles. The lowest BCUT2D eigenvalue weighted by Gasteiger charge is -2.05. The number of thiophene rings is 1. The van der Waals surface area contributed by atoms with Crippen molar-refractivity contribution in [3.8, 4) is 10.7 Å². The summed E-state index contributed by atoms with van der Waals surface area (Å²) in [5.74, 6) is 2.24. The van der Waals surface area contributed by atoms with Gasteiger partial charge < -0.3 is 15.7 Å². The van der Waals surface area contributed by atoms with Crippen molar-refractivity contribution in [3.63, 3.8) is 0 Å². The fraction of sp³-hybridized carbons (Fsp3) is 0.250. The van der Waals surface area contributed by atoms with Gasteiger partial charge in [-0.05, 0) is 25.0 Å². The smallest absolute Gasteiger partial charge is 0.404 e. The standard InChI is InChI=1S/C16H15ClN6O2S/c17-10-7-18-15(12-4-3-9(26-12)6-19-16(24)25)21-14(10)20-13-5-11(22-23-13)8-1-2-8/h3-5,7-8,19H,1-2,6H2,(H,24,25)(H2,18,20,21,22,23). The van der Waals surface area contributed by atoms with Crippen LogP contribution >= 0.6 is 22.9 Å². The van der Waals surface area contributed by atoms with Gasteiger partial charge in [-0.1, -0.05) is 11.6 Å². The van der Waals surface area contributed by atoms with E-state index in [0.717, 1.165) is 15.4 Å². The minimum Gasteiger partial charge on any atom is -0.465 e. The van der Waals surface area contributed by atoms with Gasteiger partial charge in [-0.25, -0.2) is 14.8 Å². The zero-order chi connectivity index (χ0) is 18.1. The first-order valence-corrected chi connectivity index (χ1v) is 9.18. The summed E-state index contributed by atoms with van der Waals surface area (Å²) in [5, 5.41) is 21.8. The number of nitrogens with one attached hydrogen (secondary N) is 3. The minimum absolute atomic E-state index is 0.246. The predicted octanol–water partition coefficient (Wildman–Crippen LogP) is 3.97. The number of rotatable bonds is 6. The first-order chi connectivity index (χ1) is 12.6. The number of H-pyrrole nitrogens is 1. The van der Waals surface area contributed by atoms with Gasteiger partial charge in [-0.15, -0.1) is 11.3 Å². The van der Waals surface area contributed by atoms with Crippen LogP contribution in [0.4, 0.5) is 16.4 Å². The van der Waals surface area contributed by atoms with Crippen LogP contribution in [0.25, 0.3) is 10.7 Å². The van der Waals surface area contributed by atoms with Gasteiger partial charge in [0.25, 0.3) is 0 Å². The molecule has 0 atom stereocenters. The first-order valence-electron chi connectivity index (χ1n) is 7.99. The summed E-state index contributed by atoms with van der Waals surface area (Å²) in [7, 11) is 0. The van der Waals surface area contributed by atoms with E-state index in [-0.39, 0.29) is 6.54 Å². The van der Waals surface area contributed by atoms with E-state index in [4.69, 9.17) is 16.7 Å². The molecule has 0 unspecified atom stereocenters. The maximum Gasteiger partial charge on any atom is 0.404 e. The van der Waals surface area contributed by atoms with Crippen LogP contribution in [0, 0.1) is 0 Å². The fourth-order valence-electron chi connectivity index (χ4n) is 2.45. The summed E-state index contributed by atoms with van der Waals surface area (Å²) >= 11 is 7.63. The van der Waals surface area contributed by atoms with Gasteiger partial charge in [0.2, 0.25) is 0 Å². The number of hydrogen-bond donors (Lipinski definition) is 4. The number of nitrogens with zero attached hydrogens (tertiary/aromatic N) is 3. The Balaban J connectivity index is 1.52. The lowest BCUT2D eigenvalue weighted by molar-refractivity contribution is 0.194. The fourth-order valence-corrected chi connectivity index (χ4v) is 3.48. The Labute approximate surface area is 157 Å². The molecule has 1 aliphatic rings. The highest BCUT2D eigenvalue weighted by Gasteiger charge is 2.25. The zero-order valence-electron chi connectivity index (χ0n) is 13.5. The summed E-state index contributed by atoms with van der Waals surface area (Å²) in [5.41, 5.74) is 1.12. The molecule has 1 saturated carbocycles. The van der Waals surface area contributed by atoms with Gasteiger partial charge in [0.1, 0.15) is 5.02 Å². The second kappa shape index (κ2) is 6.93. The van der Waals surface area contributed by atoms with Crippen molar-refractivity contribution in [1.82, 2.24) is 25.5 Å². The molecule has 4 N–H and O–H groups in total. The number of aromatic nitrogens is 4. The van der Waals surface area contributed by atoms with E-state index < -0.39 is 6.09 Å². The highest BCUT2D eigenvalue weighted by molar-refractivity contribution is 7.15. The zero-order valence-corrected chi connectivity index (χ0v) is 15.1. The molecule has 1 amide bonds. The number of amides is 1. The largest absolute Gasteiger partial charge is 0.465 e. The third-order valence-corrected chi connectivity index (χ3v) is 5.26. The average molecular weight is 391 g/mol. The molecule has 26 heavy (non-hydrogen) atoms. The SMILES string of the molecule is O=C(O)NCc1ccc(-c2ncc(Cl)c(Nc3cc(C4CC4)[nH]n3)n2)s1. The molecular formula is C16H15ClN6O2S. The predicted molar refractivity (Wildman–Crippen MR) is 99.1 cm³/mol. The molecule has 0 radical (unpaired) electrons. The normalized spacial score (nSPS) is 13.6. The molecular weight excluding hydrogens is 376 g/mol. The topological polar surface area (TPSA) is 116 Å². The highest BCUT2D eigenvalue weighted by Crippen LogP contribution is 2.40. The van der Waals surface area contributed by atoms with E-state index in [9.17, 15) is 4.79 Å². The average Bonchev–Trinajstić information content (AvgIpc) is 3.17. The van der Waals surface area contributed by atoms with Gasteiger partial charge in [-0.3, -0.25) is 5.10 Å². The van der Waals surface area contributed by atoms with E-state index in [1.165, 1.54) is 30.4 Å². The Morgan fingerprint density at radius 3 is 3.04 bits per heavy atom. The van der Waals surface area contributed by atoms with Gasteiger partial charge in [0.15, 0.2) is 17.5 Å². The van der Waals surface area contributed by atoms with Crippen molar-refractivity contribution in [3.05, 3.63) is 40.0 Å². The molecule has 3 aromatic heterocycles. The summed E-state index contributed by atoms with van der Waals surface area (Å²) in [6, 6.07) is 5.67. The van der Waals surface area contributed by atoms with E-state index in [1.807, 2.05) is 18.2 Å². The molecule has 8 nitrogen and oxygen atoms in total. The van der Waals surface area contributed by atoms with Gasteiger partial charge in [-0.2, -0.15) is 5.10 Å². The van der Waals surface area contributed by atoms with Crippen molar-refractivity contribution in [1.29, 1.82) is 0 Å². The third kappa shape index (κ3) is 3.78. The second-order valence-corrected chi connectivity index (χ2v) is 7.50. The highest BCUT2D eigenvalue weighted by atomic mass is 35.5. The number of halogens is 1. The summed E-state index contributed by atoms with van der Waals surface area (Å²) < 4.78 is 0. The number of hydrogen-bond acceptors (Lipinski definition) is 6. The lowest BCUT2D eigenvalue weighted by Crippen LogP contribution is -2.19. The number of carbonyl (C=O) groups is 1. The Morgan fingerprint density at radius 2 is 2.27 bits per heavy atom. The monoisotopic (exact) mass is 390 g/mol. The third-order valence-electron chi connectivity index (χ3n) is 3.90. The maximum absolute atomic E-state index is 10.6. The minimum atomic E-state index is -1.06. The molecule has 1 fully saturated rings. The molecule has 1 aliphatic carbocycles. The molecule has 0 bridgehead atoms. The van der Waals surface area contributed by atoms with E-state index in [2.05, 4.69) is 30.8 Å². The molecule has 0 saturated heterocycles. The Hall–Kier alpha value is -2.65. The van der Waals surface area contributed by atoms with E-state index in [0.29, 0.717) is 28.4 Å². The Kier molecular flexibility index (Phi) is 4.48. The first kappa shape index (κ1) is 16.8. The van der Waals surface area contributed by atoms with Crippen molar-refractivity contribution in [2.75, 3.05) is 5.32 Å². The van der Waals surface area contributed by atoms with Crippen molar-refractivity contribution >= 4 is 40.7 Å². The van der Waals surface area contributed by atoms with Crippen LogP contribution in [-0.2, 0) is 6.54 Å². The van der Waals surface area contributed by atoms with Gasteiger partial charge in [0, 0.05) is 22.6 Å². The van der Waals surface area contributed by atoms with Crippen LogP contribution in [0.1, 0.15) is 29.3 Å². The van der Waals surface area contributed by atoms with Gasteiger partial charge >= 0.3 is 6.09 Å². The summed E-state index contributed by atoms with van der Waals surface area (Å²) in [6.45, 7) is 0.246. The summed E-state index contributed by atoms with van der Waals surface area (Å²) in [6.07, 6.45) is 2.86. The number of aromatic amines is 1. The van der Waals surface area contributed by atoms with Crippen LogP contribution in [0.5, 0.6) is 0 Å². The van der Waals surface area contributed by atoms with Crippen LogP contribution in [-0.4, -0.2) is 31.4 Å². The molecule has 0 spiro atoms. The molecule has 134 valence electrons. The number of carboxylic acid groups (broad SMARTS) is 1. The van der Waals surface area contributed by atoms with Crippen molar-refractivity contribution in [2.24, 2.45) is 0 Å². The second-order valence-electron chi connectivity index (χ2n) is 5.92. The molecule has 10 heteroatoms. The van der Waals surface area contributed by atoms with Crippen molar-refractivity contribution in [2.45, 2.75) is 25.3 Å². The lowest BCUT2D eigenvalue weighted by atomic mass is 10.3. The number of anilines is 2. The maximum atomic E-state index is 10.6. The van der Waals surface area contributed by atoms with Crippen LogP contribution in [0.15, 0.2) is 24.4 Å². The Bertz CT molecular complexity index is 952. The van der Waals surface area contributed by atoms with Crippen molar-refractivity contribution < 1.29 is 9.90 Å². The van der Waals surface area contributed by atoms with Crippen LogP contribution < -0.4 is 10.6 Å². The van der Waals surface area contributed by atoms with Crippen LogP contribution in [0.2, 0.25) is 5.02 Å². The molecule has 4 rings (SSSR count).